The van der Waals surface area contributed by atoms with Crippen molar-refractivity contribution in [2.24, 2.45) is 0 Å². The van der Waals surface area contributed by atoms with Crippen molar-refractivity contribution in [3.8, 4) is 0 Å². The van der Waals surface area contributed by atoms with Crippen molar-refractivity contribution >= 4 is 15.9 Å². The van der Waals surface area contributed by atoms with Gasteiger partial charge in [-0.05, 0) is 37.1 Å². The van der Waals surface area contributed by atoms with Crippen molar-refractivity contribution in [1.29, 1.82) is 0 Å². The highest BCUT2D eigenvalue weighted by molar-refractivity contribution is 7.89. The Morgan fingerprint density at radius 1 is 1.17 bits per heavy atom. The molecule has 0 atom stereocenters. The molecule has 0 bridgehead atoms. The van der Waals surface area contributed by atoms with Gasteiger partial charge >= 0.3 is 6.18 Å². The minimum Gasteiger partial charge on any atom is -0.343 e. The van der Waals surface area contributed by atoms with Crippen LogP contribution < -0.4 is 4.72 Å². The summed E-state index contributed by atoms with van der Waals surface area (Å²) in [5, 5.41) is 0. The van der Waals surface area contributed by atoms with Crippen LogP contribution in [0.3, 0.4) is 0 Å². The molecule has 0 unspecified atom stereocenters. The highest BCUT2D eigenvalue weighted by Crippen LogP contribution is 2.29. The monoisotopic (exact) mass is 350 g/mol. The van der Waals surface area contributed by atoms with Gasteiger partial charge in [0.2, 0.25) is 15.9 Å². The first-order valence-electron chi connectivity index (χ1n) is 7.05. The van der Waals surface area contributed by atoms with Gasteiger partial charge in [0.05, 0.1) is 10.5 Å². The summed E-state index contributed by atoms with van der Waals surface area (Å²) in [5.74, 6) is -0.0611. The predicted molar refractivity (Wildman–Crippen MR) is 77.0 cm³/mol. The minimum atomic E-state index is -4.50. The third-order valence-electron chi connectivity index (χ3n) is 3.75. The Balaban J connectivity index is 2.04. The van der Waals surface area contributed by atoms with Crippen molar-refractivity contribution < 1.29 is 26.4 Å². The van der Waals surface area contributed by atoms with Gasteiger partial charge in [-0.2, -0.15) is 13.2 Å². The Kier molecular flexibility index (Phi) is 5.00. The number of amides is 1. The molecule has 1 aliphatic rings. The van der Waals surface area contributed by atoms with E-state index in [1.165, 1.54) is 6.92 Å². The topological polar surface area (TPSA) is 66.5 Å². The summed E-state index contributed by atoms with van der Waals surface area (Å²) in [4.78, 5) is 12.6. The lowest BCUT2D eigenvalue weighted by Crippen LogP contribution is -2.45. The van der Waals surface area contributed by atoms with E-state index in [1.807, 2.05) is 0 Å². The van der Waals surface area contributed by atoms with Gasteiger partial charge in [0.15, 0.2) is 0 Å². The smallest absolute Gasteiger partial charge is 0.343 e. The first-order chi connectivity index (χ1) is 10.6. The molecule has 1 amide bonds. The molecular weight excluding hydrogens is 333 g/mol. The average Bonchev–Trinajstić information content (AvgIpc) is 2.46. The van der Waals surface area contributed by atoms with Crippen LogP contribution in [-0.2, 0) is 21.0 Å². The fourth-order valence-corrected chi connectivity index (χ4v) is 3.73. The number of sulfonamides is 1. The summed E-state index contributed by atoms with van der Waals surface area (Å²) >= 11 is 0. The summed E-state index contributed by atoms with van der Waals surface area (Å²) in [7, 11) is -3.88. The Bertz CT molecular complexity index is 664. The normalized spacial score (nSPS) is 17.3. The van der Waals surface area contributed by atoms with E-state index in [2.05, 4.69) is 4.72 Å². The number of halogens is 3. The number of nitrogens with one attached hydrogen (secondary N) is 1. The number of alkyl halides is 3. The maximum atomic E-state index is 12.5. The number of carbonyl (C=O) groups excluding carboxylic acids is 1. The minimum absolute atomic E-state index is 0.0611. The lowest BCUT2D eigenvalue weighted by Gasteiger charge is -2.31. The van der Waals surface area contributed by atoms with Gasteiger partial charge in [0.25, 0.3) is 0 Å². The van der Waals surface area contributed by atoms with Crippen LogP contribution in [0, 0.1) is 0 Å². The third kappa shape index (κ3) is 4.44. The van der Waals surface area contributed by atoms with Crippen LogP contribution in [0.15, 0.2) is 29.2 Å². The summed E-state index contributed by atoms with van der Waals surface area (Å²) < 4.78 is 64.4. The largest absolute Gasteiger partial charge is 0.416 e. The predicted octanol–water partition coefficient (Wildman–Crippen LogP) is 1.99. The molecule has 128 valence electrons. The molecule has 0 radical (unpaired) electrons. The number of hydrogen-bond acceptors (Lipinski definition) is 3. The first-order valence-corrected chi connectivity index (χ1v) is 8.53. The molecule has 1 N–H and O–H groups in total. The lowest BCUT2D eigenvalue weighted by atomic mass is 10.1. The zero-order valence-electron chi connectivity index (χ0n) is 12.4. The number of carbonyl (C=O) groups is 1. The van der Waals surface area contributed by atoms with Gasteiger partial charge < -0.3 is 4.90 Å². The van der Waals surface area contributed by atoms with Crippen LogP contribution in [0.5, 0.6) is 0 Å². The van der Waals surface area contributed by atoms with E-state index < -0.39 is 21.8 Å². The highest BCUT2D eigenvalue weighted by Gasteiger charge is 2.31. The Morgan fingerprint density at radius 3 is 2.13 bits per heavy atom. The Morgan fingerprint density at radius 2 is 1.70 bits per heavy atom. The maximum absolute atomic E-state index is 12.5. The SMILES string of the molecule is CC(=O)N1CCC(NS(=O)(=O)c2ccc(C(F)(F)F)cc2)CC1. The van der Waals surface area contributed by atoms with Crippen molar-refractivity contribution in [1.82, 2.24) is 9.62 Å². The number of nitrogens with zero attached hydrogens (tertiary/aromatic N) is 1. The number of piperidine rings is 1. The van der Waals surface area contributed by atoms with E-state index in [0.29, 0.717) is 25.9 Å². The van der Waals surface area contributed by atoms with Crippen molar-refractivity contribution in [2.45, 2.75) is 36.9 Å². The molecule has 1 heterocycles. The highest BCUT2D eigenvalue weighted by atomic mass is 32.2. The standard InChI is InChI=1S/C14H17F3N2O3S/c1-10(20)19-8-6-12(7-9-19)18-23(21,22)13-4-2-11(3-5-13)14(15,16)17/h2-5,12,18H,6-9H2,1H3. The second-order valence-corrected chi connectivity index (χ2v) is 7.14. The molecule has 1 aliphatic heterocycles. The molecule has 5 nitrogen and oxygen atoms in total. The maximum Gasteiger partial charge on any atom is 0.416 e. The molecular formula is C14H17F3N2O3S. The van der Waals surface area contributed by atoms with Gasteiger partial charge in [-0.15, -0.1) is 0 Å². The molecule has 1 aromatic carbocycles. The molecule has 0 aromatic heterocycles. The van der Waals surface area contributed by atoms with Crippen molar-refractivity contribution in [2.75, 3.05) is 13.1 Å². The van der Waals surface area contributed by atoms with Crippen LogP contribution in [0.4, 0.5) is 13.2 Å². The van der Waals surface area contributed by atoms with E-state index in [4.69, 9.17) is 0 Å². The number of rotatable bonds is 3. The van der Waals surface area contributed by atoms with E-state index >= 15 is 0 Å². The zero-order chi connectivity index (χ0) is 17.3. The molecule has 9 heteroatoms. The second-order valence-electron chi connectivity index (χ2n) is 5.42. The van der Waals surface area contributed by atoms with E-state index in [-0.39, 0.29) is 16.8 Å². The molecule has 23 heavy (non-hydrogen) atoms. The van der Waals surface area contributed by atoms with Crippen molar-refractivity contribution in [3.05, 3.63) is 29.8 Å². The van der Waals surface area contributed by atoms with Gasteiger partial charge in [-0.1, -0.05) is 0 Å². The Hall–Kier alpha value is -1.61. The quantitative estimate of drug-likeness (QED) is 0.907. The molecule has 1 fully saturated rings. The molecule has 0 saturated carbocycles. The number of likely N-dealkylation sites (tertiary alicyclic amines) is 1. The first kappa shape index (κ1) is 17.7. The van der Waals surface area contributed by atoms with E-state index in [9.17, 15) is 26.4 Å². The molecule has 1 aromatic rings. The van der Waals surface area contributed by atoms with E-state index in [1.54, 1.807) is 4.90 Å². The Labute approximate surface area is 132 Å². The summed E-state index contributed by atoms with van der Waals surface area (Å²) in [6.07, 6.45) is -3.56. The molecule has 1 saturated heterocycles. The number of benzene rings is 1. The van der Waals surface area contributed by atoms with Crippen LogP contribution in [0.1, 0.15) is 25.3 Å². The second kappa shape index (κ2) is 6.48. The summed E-state index contributed by atoms with van der Waals surface area (Å²) in [5.41, 5.74) is -0.897. The van der Waals surface area contributed by atoms with Gasteiger partial charge in [0.1, 0.15) is 0 Å². The molecule has 2 rings (SSSR count). The summed E-state index contributed by atoms with van der Waals surface area (Å²) in [6.45, 7) is 2.36. The van der Waals surface area contributed by atoms with Gasteiger partial charge in [-0.3, -0.25) is 4.79 Å². The fourth-order valence-electron chi connectivity index (χ4n) is 2.42. The third-order valence-corrected chi connectivity index (χ3v) is 5.29. The fraction of sp³-hybridized carbons (Fsp3) is 0.500. The van der Waals surface area contributed by atoms with Crippen LogP contribution in [0.25, 0.3) is 0 Å². The molecule has 0 spiro atoms. The average molecular weight is 350 g/mol. The van der Waals surface area contributed by atoms with E-state index in [0.717, 1.165) is 24.3 Å². The van der Waals surface area contributed by atoms with Crippen LogP contribution in [0.2, 0.25) is 0 Å². The van der Waals surface area contributed by atoms with Gasteiger partial charge in [0, 0.05) is 26.1 Å². The van der Waals surface area contributed by atoms with Crippen LogP contribution >= 0.6 is 0 Å². The summed E-state index contributed by atoms with van der Waals surface area (Å²) in [6, 6.07) is 3.03. The number of hydrogen-bond donors (Lipinski definition) is 1. The lowest BCUT2D eigenvalue weighted by molar-refractivity contribution is -0.137. The zero-order valence-corrected chi connectivity index (χ0v) is 13.2. The van der Waals surface area contributed by atoms with Gasteiger partial charge in [-0.25, -0.2) is 13.1 Å². The van der Waals surface area contributed by atoms with Crippen LogP contribution in [-0.4, -0.2) is 38.4 Å². The van der Waals surface area contributed by atoms with Crippen molar-refractivity contribution in [3.63, 3.8) is 0 Å². The molecule has 0 aliphatic carbocycles.